The molecular weight excluding hydrogens is 2500 g/mol. The summed E-state index contributed by atoms with van der Waals surface area (Å²) in [6.45, 7) is -5.00. The molecule has 8 aromatic heterocycles. The SMILES string of the molecule is [2H]C([2H])([2H])C(=C)C(C)CC(=[N-])C1=CC=CC[CH-]1.[2H]C([2H])([2H])C1=CC=C(c2cc(C)c(C([2H])([2H])[2H])cn2)[CH-]C1.[2H]C([2H])([2H])C1=CN=C(c2[c-]cc(C([2H])([2H])[2H])cc2)CC1.[2H]C([2H])([2H])c1cccnc1.[2H]C1=C(C(=[CH-])CC2Sc3ccccc3C2=C)[N-]CC(C([2H])([2H])[2H])=C1[2H].[2H]c1c(C([2H])([2H])[2H])cnc(-c2[c-]cc3c(c2)sc2ccccc23)c1[2H].[2H]c1c(C([2H])([2H])[2H])cnc(-c2[c-]cc3c(c2)sc2ccccc23)c1[2H].[2H]c1cncc(C([2H])([2H])[2H])c1[2H].[Ir+3].[Ir+3].[Ir].[Ir].[c-]1ccc2sc3ccccc3c2c1.[c-]1ccccc1. The first-order valence-electron chi connectivity index (χ1n) is 61.7. The number of fused-ring (bicyclic) bond motifs is 10. The fourth-order valence-corrected chi connectivity index (χ4v) is 18.1. The van der Waals surface area contributed by atoms with Crippen molar-refractivity contribution in [3.05, 3.63) is 503 Å². The van der Waals surface area contributed by atoms with Gasteiger partial charge in [0, 0.05) is 157 Å². The number of thioether (sulfide) groups is 1. The van der Waals surface area contributed by atoms with E-state index in [2.05, 4.69) is 139 Å². The molecule has 0 saturated carbocycles. The fourth-order valence-electron chi connectivity index (χ4n) is 13.4. The third kappa shape index (κ3) is 33.4. The van der Waals surface area contributed by atoms with Crippen LogP contribution in [0.15, 0.2) is 397 Å². The third-order valence-corrected chi connectivity index (χ3v) is 25.4. The van der Waals surface area contributed by atoms with E-state index in [1.54, 1.807) is 97.3 Å². The molecule has 0 N–H and O–H groups in total. The maximum atomic E-state index is 9.92. The van der Waals surface area contributed by atoms with Gasteiger partial charge in [-0.15, -0.1) is 125 Å². The number of allylic oxidation sites excluding steroid dienone is 13. The Morgan fingerprint density at radius 3 is 1.71 bits per heavy atom. The van der Waals surface area contributed by atoms with Crippen molar-refractivity contribution >= 4 is 129 Å². The molecule has 140 heavy (non-hydrogen) atoms. The van der Waals surface area contributed by atoms with E-state index >= 15 is 0 Å². The first-order chi connectivity index (χ1) is 81.5. The van der Waals surface area contributed by atoms with E-state index in [4.69, 9.17) is 58.7 Å². The minimum atomic E-state index is -2.45. The van der Waals surface area contributed by atoms with Crippen molar-refractivity contribution in [1.29, 1.82) is 0 Å². The van der Waals surface area contributed by atoms with Crippen LogP contribution in [0.3, 0.4) is 0 Å². The van der Waals surface area contributed by atoms with Crippen molar-refractivity contribution < 1.29 is 133 Å². The maximum absolute atomic E-state index is 9.92. The zero-order chi connectivity index (χ0) is 128. The Kier molecular flexibility index (Phi) is 28.2. The average Bonchev–Trinajstić information content (AvgIpc) is 1.58. The van der Waals surface area contributed by atoms with Gasteiger partial charge in [-0.05, 0) is 212 Å². The van der Waals surface area contributed by atoms with Crippen LogP contribution in [-0.2, 0) is 80.4 Å². The second-order valence-electron chi connectivity index (χ2n) is 30.6. The molecule has 9 aromatic carbocycles. The van der Waals surface area contributed by atoms with Gasteiger partial charge in [-0.3, -0.25) is 22.3 Å². The van der Waals surface area contributed by atoms with Crippen LogP contribution in [-0.4, -0.2) is 48.1 Å². The van der Waals surface area contributed by atoms with E-state index in [-0.39, 0.29) is 214 Å². The molecule has 0 fully saturated rings. The molecule has 8 nitrogen and oxygen atoms in total. The molecular formula is C124H114Ir4N8S4-4. The van der Waals surface area contributed by atoms with E-state index in [1.807, 2.05) is 145 Å². The number of rotatable bonds is 11. The summed E-state index contributed by atoms with van der Waals surface area (Å²) >= 11 is 6.79. The summed E-state index contributed by atoms with van der Waals surface area (Å²) < 4.78 is 289. The number of aryl methyl sites for hydroxylation is 7. The Hall–Kier alpha value is -11.4. The molecule has 3 aliphatic heterocycles. The fraction of sp³-hybridized carbons (Fsp3) is 0.169. The molecule has 11 heterocycles. The van der Waals surface area contributed by atoms with Crippen LogP contribution in [0.25, 0.3) is 105 Å². The summed E-state index contributed by atoms with van der Waals surface area (Å²) in [5.41, 5.74) is 10.00. The van der Waals surface area contributed by atoms with Crippen LogP contribution in [0.1, 0.15) is 181 Å². The first kappa shape index (κ1) is 68.7. The summed E-state index contributed by atoms with van der Waals surface area (Å²) in [4.78, 5) is 25.0. The molecule has 2 radical (unpaired) electrons. The van der Waals surface area contributed by atoms with Crippen molar-refractivity contribution in [1.82, 2.24) is 24.9 Å². The van der Waals surface area contributed by atoms with Gasteiger partial charge in [-0.2, -0.15) is 131 Å². The molecule has 17 aromatic rings. The number of aliphatic imine (C=N–C) groups is 1. The van der Waals surface area contributed by atoms with Crippen LogP contribution in [0.2, 0.25) is 0 Å². The molecule has 714 valence electrons. The Balaban J connectivity index is 0.000000219. The minimum absolute atomic E-state index is 0. The monoisotopic (exact) mass is 2650 g/mol. The van der Waals surface area contributed by atoms with E-state index in [9.17, 15) is 5.41 Å². The zero-order valence-corrected chi connectivity index (χ0v) is 88.3. The van der Waals surface area contributed by atoms with Gasteiger partial charge in [-0.25, -0.2) is 11.1 Å². The average molecular weight is 2650 g/mol. The standard InChI is InChI=1S/2C18H12NS.C18H17NS.C14H16N.C13H14N.C13H17N.C12H7S.2C6H7N.C6H5.4Ir/c2*1-12-6-9-16(19-11-12)13-7-8-15-14-4-2-3-5-17(14)20-18(15)10-13;1-12-8-9-16(19-11-12)13(2)10-18-14(3)15-6-4-5-7-17(15)20-18;1-10-4-6-13(7-5-10)14-8-11(2)12(3)9-15-14;1-10-3-6-12(7-4-10)13-8-5-11(2)9-14-13;1-10(2)11(3)9-13(14)12-7-5-4-6-8-12;1-3-7-11-9(5-1)10-6-2-4-8-12(10)13-11;2*1-6-3-2-4-7-5-6;1-2-4-6-5-3-1;;;;/h2*2-6,8-11H,1H3;2,4-9,18H,3,10-11H2,1H3;4,6-9H,5H2,1-3H3;3-4,6,9H,5,8H2,1-2H3;4-5,7-8,11H,1,6,9H2,2-3H3;1,3-8H;2*2-5H,1H3;1-5H;;;;/q2*-1;-2;2*-1;-2;-1;;;-1;;;2*+3/i2*1D3,6D,9D;1D3,8D,9D;1D3,3D3;1D3,2D3;2D3;;1D3,2D,3D;1D3;;;;;. The van der Waals surface area contributed by atoms with Crippen molar-refractivity contribution in [3.63, 3.8) is 0 Å². The predicted molar refractivity (Wildman–Crippen MR) is 588 cm³/mol. The van der Waals surface area contributed by atoms with Gasteiger partial charge in [-0.1, -0.05) is 216 Å². The summed E-state index contributed by atoms with van der Waals surface area (Å²) in [6, 6.07) is 78.7. The topological polar surface area (TPSA) is 113 Å². The van der Waals surface area contributed by atoms with Gasteiger partial charge in [0.25, 0.3) is 0 Å². The van der Waals surface area contributed by atoms with Gasteiger partial charge in [0.1, 0.15) is 0 Å². The Labute approximate surface area is 953 Å². The number of benzene rings is 9. The molecule has 0 amide bonds. The second-order valence-corrected chi connectivity index (χ2v) is 35.1. The van der Waals surface area contributed by atoms with Gasteiger partial charge < -0.3 is 36.4 Å². The Morgan fingerprint density at radius 1 is 0.550 bits per heavy atom. The normalized spacial score (nSPS) is 18.4. The van der Waals surface area contributed by atoms with E-state index in [1.165, 1.54) is 72.7 Å². The van der Waals surface area contributed by atoms with Crippen molar-refractivity contribution in [2.24, 2.45) is 10.9 Å². The van der Waals surface area contributed by atoms with Gasteiger partial charge in [0.15, 0.2) is 0 Å². The summed E-state index contributed by atoms with van der Waals surface area (Å²) in [7, 11) is 0. The number of hydrogen-bond acceptors (Lipinski definition) is 10. The van der Waals surface area contributed by atoms with Crippen LogP contribution in [0.5, 0.6) is 0 Å². The van der Waals surface area contributed by atoms with E-state index in [0.717, 1.165) is 82.6 Å². The van der Waals surface area contributed by atoms with Gasteiger partial charge in [0.2, 0.25) is 0 Å². The van der Waals surface area contributed by atoms with E-state index < -0.39 is 68.5 Å². The molecule has 5 aliphatic rings. The maximum Gasteiger partial charge on any atom is 3.00 e. The molecule has 0 bridgehead atoms. The van der Waals surface area contributed by atoms with Crippen LogP contribution in [0.4, 0.5) is 0 Å². The largest absolute Gasteiger partial charge is 3.00 e. The number of aromatic nitrogens is 5. The molecule has 16 heteroatoms. The van der Waals surface area contributed by atoms with Crippen LogP contribution in [0, 0.1) is 104 Å². The molecule has 2 aliphatic carbocycles. The summed E-state index contributed by atoms with van der Waals surface area (Å²) in [6.07, 6.45) is 25.9. The Morgan fingerprint density at radius 2 is 1.16 bits per heavy atom. The van der Waals surface area contributed by atoms with Crippen molar-refractivity contribution in [2.75, 3.05) is 6.54 Å². The van der Waals surface area contributed by atoms with Crippen LogP contribution >= 0.6 is 45.8 Å². The number of hydrogen-bond donors (Lipinski definition) is 0. The number of nitrogens with zero attached hydrogens (tertiary/aromatic N) is 8. The molecule has 2 unspecified atom stereocenters. The molecule has 22 rings (SSSR count). The van der Waals surface area contributed by atoms with Gasteiger partial charge >= 0.3 is 40.2 Å². The number of thiophene rings is 3. The second kappa shape index (κ2) is 57.5. The van der Waals surface area contributed by atoms with Crippen LogP contribution < -0.4 is 0 Å². The summed E-state index contributed by atoms with van der Waals surface area (Å²) in [5, 5.41) is 21.3. The Bertz CT molecular complexity index is 8780. The van der Waals surface area contributed by atoms with Gasteiger partial charge in [0.05, 0.1) is 9.60 Å². The molecule has 2 atom stereocenters. The van der Waals surface area contributed by atoms with E-state index in [0.29, 0.717) is 76.8 Å². The first-order valence-corrected chi connectivity index (χ1v) is 46.0. The van der Waals surface area contributed by atoms with Crippen molar-refractivity contribution in [2.45, 2.75) is 131 Å². The number of pyridine rings is 5. The predicted octanol–water partition coefficient (Wildman–Crippen LogP) is 34.3. The minimum Gasteiger partial charge on any atom is -0.876 e. The third-order valence-electron chi connectivity index (χ3n) is 20.6. The quantitative estimate of drug-likeness (QED) is 0.0724. The smallest absolute Gasteiger partial charge is 0.876 e. The molecule has 0 spiro atoms. The van der Waals surface area contributed by atoms with Crippen molar-refractivity contribution in [3.8, 4) is 22.5 Å². The zero-order valence-electron chi connectivity index (χ0n) is 113. The summed E-state index contributed by atoms with van der Waals surface area (Å²) in [5.74, 6) is -0.261. The molecule has 0 saturated heterocycles.